The molecular formula is C14H16N2O2Si. The molecule has 0 aromatic heterocycles. The highest BCUT2D eigenvalue weighted by molar-refractivity contribution is 5.75. The maximum absolute atomic E-state index is 10.5. The second-order valence-corrected chi connectivity index (χ2v) is 3.70. The molecule has 98 valence electrons. The molecule has 2 rings (SSSR count). The van der Waals surface area contributed by atoms with Gasteiger partial charge in [0.05, 0.1) is 0 Å². The average molecular weight is 272 g/mol. The van der Waals surface area contributed by atoms with Gasteiger partial charge in [-0.25, -0.2) is 0 Å². The average Bonchev–Trinajstić information content (AvgIpc) is 2.41. The van der Waals surface area contributed by atoms with Crippen molar-refractivity contribution in [3.05, 3.63) is 59.7 Å². The van der Waals surface area contributed by atoms with E-state index >= 15 is 0 Å². The molecule has 2 aromatic carbocycles. The van der Waals surface area contributed by atoms with Crippen molar-refractivity contribution in [3.63, 3.8) is 0 Å². The van der Waals surface area contributed by atoms with Crippen molar-refractivity contribution >= 4 is 11.0 Å². The SMILES string of the molecule is NCc1ccc([O-])cc1.NCc1ccc([O-])cc1.[Si+2]. The molecule has 0 spiro atoms. The molecule has 4 nitrogen and oxygen atoms in total. The van der Waals surface area contributed by atoms with Gasteiger partial charge in [0, 0.05) is 13.1 Å². The van der Waals surface area contributed by atoms with Gasteiger partial charge in [-0.15, -0.1) is 11.5 Å². The Kier molecular flexibility index (Phi) is 8.27. The zero-order valence-corrected chi connectivity index (χ0v) is 11.5. The first kappa shape index (κ1) is 17.2. The number of hydrogen-bond acceptors (Lipinski definition) is 4. The molecule has 0 heterocycles. The van der Waals surface area contributed by atoms with Crippen LogP contribution in [0.4, 0.5) is 0 Å². The maximum Gasteiger partial charge on any atom is 2.00 e. The van der Waals surface area contributed by atoms with Crippen LogP contribution < -0.4 is 21.7 Å². The van der Waals surface area contributed by atoms with Crippen LogP contribution in [0.2, 0.25) is 0 Å². The predicted molar refractivity (Wildman–Crippen MR) is 73.3 cm³/mol. The van der Waals surface area contributed by atoms with Gasteiger partial charge in [0.25, 0.3) is 0 Å². The smallest absolute Gasteiger partial charge is 0.872 e. The molecule has 0 aliphatic heterocycles. The summed E-state index contributed by atoms with van der Waals surface area (Å²) < 4.78 is 0. The summed E-state index contributed by atoms with van der Waals surface area (Å²) in [6.07, 6.45) is 0. The van der Waals surface area contributed by atoms with E-state index in [4.69, 9.17) is 11.5 Å². The third kappa shape index (κ3) is 6.61. The quantitative estimate of drug-likeness (QED) is 0.755. The minimum Gasteiger partial charge on any atom is -0.872 e. The van der Waals surface area contributed by atoms with Gasteiger partial charge in [0.2, 0.25) is 0 Å². The van der Waals surface area contributed by atoms with Crippen LogP contribution in [0.3, 0.4) is 0 Å². The van der Waals surface area contributed by atoms with Crippen molar-refractivity contribution < 1.29 is 10.2 Å². The zero-order valence-electron chi connectivity index (χ0n) is 10.5. The molecule has 0 atom stereocenters. The van der Waals surface area contributed by atoms with Crippen LogP contribution in [0.25, 0.3) is 0 Å². The van der Waals surface area contributed by atoms with Crippen LogP contribution in [0.5, 0.6) is 11.5 Å². The van der Waals surface area contributed by atoms with Crippen LogP contribution in [0, 0.1) is 0 Å². The fourth-order valence-corrected chi connectivity index (χ4v) is 1.25. The van der Waals surface area contributed by atoms with Crippen LogP contribution in [0.1, 0.15) is 11.1 Å². The lowest BCUT2D eigenvalue weighted by Gasteiger charge is -2.03. The summed E-state index contributed by atoms with van der Waals surface area (Å²) in [5.74, 6) is 0.0689. The fraction of sp³-hybridized carbons (Fsp3) is 0.143. The molecular weight excluding hydrogens is 256 g/mol. The Balaban J connectivity index is 0.000000324. The maximum atomic E-state index is 10.5. The van der Waals surface area contributed by atoms with Gasteiger partial charge in [-0.3, -0.25) is 0 Å². The molecule has 19 heavy (non-hydrogen) atoms. The van der Waals surface area contributed by atoms with Gasteiger partial charge in [-0.1, -0.05) is 48.5 Å². The Bertz CT molecular complexity index is 412. The summed E-state index contributed by atoms with van der Waals surface area (Å²) in [6, 6.07) is 13.0. The molecule has 2 aromatic rings. The molecule has 0 fully saturated rings. The van der Waals surface area contributed by atoms with Gasteiger partial charge in [-0.05, 0) is 11.1 Å². The molecule has 0 saturated carbocycles. The second kappa shape index (κ2) is 9.15. The van der Waals surface area contributed by atoms with Crippen LogP contribution in [-0.4, -0.2) is 11.0 Å². The molecule has 0 unspecified atom stereocenters. The molecule has 0 aliphatic carbocycles. The summed E-state index contributed by atoms with van der Waals surface area (Å²) >= 11 is 0. The first-order chi connectivity index (χ1) is 8.65. The van der Waals surface area contributed by atoms with Crippen molar-refractivity contribution in [2.75, 3.05) is 0 Å². The van der Waals surface area contributed by atoms with Crippen molar-refractivity contribution in [1.82, 2.24) is 0 Å². The van der Waals surface area contributed by atoms with Gasteiger partial charge in [-0.2, -0.15) is 0 Å². The van der Waals surface area contributed by atoms with Gasteiger partial charge in [0.15, 0.2) is 0 Å². The first-order valence-electron chi connectivity index (χ1n) is 5.57. The molecule has 0 amide bonds. The van der Waals surface area contributed by atoms with E-state index in [1.807, 2.05) is 0 Å². The summed E-state index contributed by atoms with van der Waals surface area (Å²) in [5.41, 5.74) is 12.6. The minimum absolute atomic E-state index is 0. The topological polar surface area (TPSA) is 98.2 Å². The Labute approximate surface area is 117 Å². The van der Waals surface area contributed by atoms with E-state index in [0.29, 0.717) is 13.1 Å². The lowest BCUT2D eigenvalue weighted by molar-refractivity contribution is -0.269. The highest BCUT2D eigenvalue weighted by Gasteiger charge is 2.00. The number of rotatable bonds is 2. The second-order valence-electron chi connectivity index (χ2n) is 3.70. The van der Waals surface area contributed by atoms with Crippen LogP contribution in [-0.2, 0) is 13.1 Å². The van der Waals surface area contributed by atoms with Crippen molar-refractivity contribution in [3.8, 4) is 11.5 Å². The molecule has 0 saturated heterocycles. The van der Waals surface area contributed by atoms with E-state index in [2.05, 4.69) is 0 Å². The summed E-state index contributed by atoms with van der Waals surface area (Å²) in [6.45, 7) is 1.00. The third-order valence-corrected chi connectivity index (χ3v) is 2.32. The highest BCUT2D eigenvalue weighted by atomic mass is 28.1. The van der Waals surface area contributed by atoms with E-state index < -0.39 is 0 Å². The van der Waals surface area contributed by atoms with Crippen molar-refractivity contribution in [1.29, 1.82) is 0 Å². The molecule has 0 bridgehead atoms. The normalized spacial score (nSPS) is 8.95. The fourth-order valence-electron chi connectivity index (χ4n) is 1.25. The Morgan fingerprint density at radius 3 is 1.11 bits per heavy atom. The van der Waals surface area contributed by atoms with Gasteiger partial charge >= 0.3 is 11.0 Å². The summed E-state index contributed by atoms with van der Waals surface area (Å²) in [7, 11) is 0. The number of nitrogens with two attached hydrogens (primary N) is 2. The van der Waals surface area contributed by atoms with E-state index in [1.165, 1.54) is 24.3 Å². The number of benzene rings is 2. The number of hydrogen-bond donors (Lipinski definition) is 2. The molecule has 5 heteroatoms. The Morgan fingerprint density at radius 1 is 0.632 bits per heavy atom. The standard InChI is InChI=1S/2C7H9NO.Si/c2*8-5-6-1-3-7(9)4-2-6;/h2*1-4,9H,5,8H2;/q;;+2/p-2. The summed E-state index contributed by atoms with van der Waals surface area (Å²) in [5, 5.41) is 21.0. The molecule has 0 aliphatic rings. The van der Waals surface area contributed by atoms with E-state index in [0.717, 1.165) is 11.1 Å². The third-order valence-electron chi connectivity index (χ3n) is 2.32. The van der Waals surface area contributed by atoms with E-state index in [1.54, 1.807) is 24.3 Å². The molecule has 2 radical (unpaired) electrons. The van der Waals surface area contributed by atoms with Gasteiger partial charge in [0.1, 0.15) is 0 Å². The predicted octanol–water partition coefficient (Wildman–Crippen LogP) is 0.0570. The first-order valence-corrected chi connectivity index (χ1v) is 5.57. The van der Waals surface area contributed by atoms with E-state index in [-0.39, 0.29) is 22.5 Å². The van der Waals surface area contributed by atoms with Crippen LogP contribution >= 0.6 is 0 Å². The Hall–Kier alpha value is -1.82. The van der Waals surface area contributed by atoms with E-state index in [9.17, 15) is 10.2 Å². The van der Waals surface area contributed by atoms with Crippen molar-refractivity contribution in [2.45, 2.75) is 13.1 Å². The Morgan fingerprint density at radius 2 is 0.895 bits per heavy atom. The lowest BCUT2D eigenvalue weighted by Crippen LogP contribution is -1.96. The monoisotopic (exact) mass is 272 g/mol. The highest BCUT2D eigenvalue weighted by Crippen LogP contribution is 2.05. The zero-order chi connectivity index (χ0) is 13.4. The van der Waals surface area contributed by atoms with Gasteiger partial charge < -0.3 is 21.7 Å². The lowest BCUT2D eigenvalue weighted by atomic mass is 10.2. The largest absolute Gasteiger partial charge is 2.00 e. The summed E-state index contributed by atoms with van der Waals surface area (Å²) in [4.78, 5) is 0. The van der Waals surface area contributed by atoms with Crippen LogP contribution in [0.15, 0.2) is 48.5 Å². The van der Waals surface area contributed by atoms with Crippen molar-refractivity contribution in [2.24, 2.45) is 11.5 Å². The minimum atomic E-state index is 0. The molecule has 4 N–H and O–H groups in total.